The molecule has 1 atom stereocenters. The van der Waals surface area contributed by atoms with E-state index in [1.807, 2.05) is 26.0 Å². The summed E-state index contributed by atoms with van der Waals surface area (Å²) in [5.41, 5.74) is 2.99. The number of nitrogens with one attached hydrogen (secondary N) is 1. The van der Waals surface area contributed by atoms with Crippen molar-refractivity contribution < 1.29 is 24.2 Å². The number of benzene rings is 2. The lowest BCUT2D eigenvalue weighted by molar-refractivity contribution is -0.312. The molecule has 8 heteroatoms. The molecule has 7 nitrogen and oxygen atoms in total. The quantitative estimate of drug-likeness (QED) is 0.446. The predicted octanol–water partition coefficient (Wildman–Crippen LogP) is 1.65. The molecule has 1 saturated heterocycles. The fourth-order valence-electron chi connectivity index (χ4n) is 2.99. The molecule has 1 N–H and O–H groups in total. The number of carbonyl (C=O) groups is 3. The molecular formula is C22H19N2O5S-. The minimum Gasteiger partial charge on any atom is -0.546 e. The summed E-state index contributed by atoms with van der Waals surface area (Å²) in [6.07, 6.45) is 0.342. The van der Waals surface area contributed by atoms with Gasteiger partial charge in [-0.05, 0) is 68.4 Å². The van der Waals surface area contributed by atoms with Crippen LogP contribution >= 0.6 is 12.2 Å². The number of thiocarbonyl (C=S) groups is 1. The highest BCUT2D eigenvalue weighted by atomic mass is 32.1. The molecule has 0 radical (unpaired) electrons. The molecule has 1 heterocycles. The summed E-state index contributed by atoms with van der Waals surface area (Å²) < 4.78 is 5.22. The van der Waals surface area contributed by atoms with Crippen LogP contribution in [0.1, 0.15) is 23.6 Å². The summed E-state index contributed by atoms with van der Waals surface area (Å²) in [5.74, 6) is -2.11. The fraction of sp³-hybridized carbons (Fsp3) is 0.182. The number of aliphatic carboxylic acids is 1. The van der Waals surface area contributed by atoms with Gasteiger partial charge in [0.2, 0.25) is 0 Å². The summed E-state index contributed by atoms with van der Waals surface area (Å²) in [6.45, 7) is 5.17. The van der Waals surface area contributed by atoms with Gasteiger partial charge >= 0.3 is 0 Å². The normalized spacial score (nSPS) is 16.4. The maximum absolute atomic E-state index is 13.1. The van der Waals surface area contributed by atoms with Gasteiger partial charge in [-0.2, -0.15) is 0 Å². The molecule has 0 aromatic heterocycles. The van der Waals surface area contributed by atoms with Crippen LogP contribution in [0.2, 0.25) is 0 Å². The van der Waals surface area contributed by atoms with Gasteiger partial charge in [-0.3, -0.25) is 19.8 Å². The number of anilines is 1. The largest absolute Gasteiger partial charge is 0.546 e. The molecule has 1 fully saturated rings. The van der Waals surface area contributed by atoms with Crippen LogP contribution in [0, 0.1) is 13.8 Å². The van der Waals surface area contributed by atoms with Crippen molar-refractivity contribution in [3.05, 3.63) is 64.7 Å². The van der Waals surface area contributed by atoms with E-state index in [1.165, 1.54) is 17.9 Å². The molecular weight excluding hydrogens is 404 g/mol. The second-order valence-electron chi connectivity index (χ2n) is 6.90. The third-order valence-corrected chi connectivity index (χ3v) is 4.82. The lowest BCUT2D eigenvalue weighted by atomic mass is 10.0. The third kappa shape index (κ3) is 4.38. The van der Waals surface area contributed by atoms with E-state index in [9.17, 15) is 19.5 Å². The Kier molecular flexibility index (Phi) is 5.98. The zero-order valence-corrected chi connectivity index (χ0v) is 17.4. The first kappa shape index (κ1) is 21.2. The highest BCUT2D eigenvalue weighted by Crippen LogP contribution is 2.26. The van der Waals surface area contributed by atoms with Crippen LogP contribution in [0.3, 0.4) is 0 Å². The van der Waals surface area contributed by atoms with Crippen molar-refractivity contribution >= 4 is 46.9 Å². The molecule has 2 aromatic carbocycles. The van der Waals surface area contributed by atoms with Crippen LogP contribution in [0.5, 0.6) is 5.75 Å². The first-order chi connectivity index (χ1) is 14.2. The number of nitrogens with zero attached hydrogens (tertiary/aromatic N) is 1. The molecule has 0 aliphatic carbocycles. The molecule has 1 aliphatic heterocycles. The first-order valence-electron chi connectivity index (χ1n) is 9.13. The highest BCUT2D eigenvalue weighted by molar-refractivity contribution is 7.80. The molecule has 1 aliphatic rings. The van der Waals surface area contributed by atoms with Crippen LogP contribution in [0.25, 0.3) is 6.08 Å². The number of hydrogen-bond donors (Lipinski definition) is 1. The van der Waals surface area contributed by atoms with Gasteiger partial charge in [0.1, 0.15) is 17.4 Å². The molecule has 30 heavy (non-hydrogen) atoms. The Bertz CT molecular complexity index is 1080. The zero-order chi connectivity index (χ0) is 22.0. The van der Waals surface area contributed by atoms with Crippen LogP contribution < -0.4 is 20.1 Å². The topological polar surface area (TPSA) is 98.8 Å². The van der Waals surface area contributed by atoms with Crippen LogP contribution in [0.15, 0.2) is 48.0 Å². The van der Waals surface area contributed by atoms with Gasteiger partial charge in [0, 0.05) is 0 Å². The fourth-order valence-corrected chi connectivity index (χ4v) is 3.27. The molecule has 0 unspecified atom stereocenters. The summed E-state index contributed by atoms with van der Waals surface area (Å²) >= 11 is 5.23. The Morgan fingerprint density at radius 3 is 2.43 bits per heavy atom. The van der Waals surface area contributed by atoms with Gasteiger partial charge in [0.05, 0.1) is 11.7 Å². The van der Waals surface area contributed by atoms with Crippen molar-refractivity contribution in [2.24, 2.45) is 0 Å². The number of rotatable bonds is 5. The molecule has 2 amide bonds. The van der Waals surface area contributed by atoms with Crippen molar-refractivity contribution in [3.63, 3.8) is 0 Å². The Morgan fingerprint density at radius 2 is 1.83 bits per heavy atom. The monoisotopic (exact) mass is 423 g/mol. The van der Waals surface area contributed by atoms with E-state index in [0.717, 1.165) is 11.1 Å². The van der Waals surface area contributed by atoms with Crippen molar-refractivity contribution in [3.8, 4) is 5.75 Å². The smallest absolute Gasteiger partial charge is 0.270 e. The summed E-state index contributed by atoms with van der Waals surface area (Å²) in [7, 11) is 0. The third-order valence-electron chi connectivity index (χ3n) is 4.53. The van der Waals surface area contributed by atoms with Crippen molar-refractivity contribution in [1.82, 2.24) is 5.32 Å². The Morgan fingerprint density at radius 1 is 1.17 bits per heavy atom. The van der Waals surface area contributed by atoms with E-state index in [0.29, 0.717) is 17.0 Å². The molecule has 0 saturated carbocycles. The van der Waals surface area contributed by atoms with Gasteiger partial charge in [-0.15, -0.1) is 0 Å². The van der Waals surface area contributed by atoms with Crippen molar-refractivity contribution in [1.29, 1.82) is 0 Å². The maximum atomic E-state index is 13.1. The SMILES string of the molecule is Cc1ccc(N2C(=O)/C(=C/c3ccc(O[C@H](C)C(=O)[O-])cc3)C(=O)NC2=S)c(C)c1. The van der Waals surface area contributed by atoms with Gasteiger partial charge in [0.25, 0.3) is 11.8 Å². The number of aryl methyl sites for hydroxylation is 2. The minimum atomic E-state index is -1.33. The number of carbonyl (C=O) groups excluding carboxylic acids is 3. The number of carboxylic acids is 1. The second kappa shape index (κ2) is 8.46. The minimum absolute atomic E-state index is 0.0223. The van der Waals surface area contributed by atoms with Crippen molar-refractivity contribution in [2.75, 3.05) is 4.90 Å². The number of hydrogen-bond acceptors (Lipinski definition) is 6. The molecule has 2 aromatic rings. The van der Waals surface area contributed by atoms with E-state index in [4.69, 9.17) is 17.0 Å². The average Bonchev–Trinajstić information content (AvgIpc) is 2.67. The van der Waals surface area contributed by atoms with Crippen LogP contribution in [-0.2, 0) is 14.4 Å². The van der Waals surface area contributed by atoms with E-state index >= 15 is 0 Å². The molecule has 154 valence electrons. The molecule has 0 bridgehead atoms. The van der Waals surface area contributed by atoms with Gasteiger partial charge < -0.3 is 14.6 Å². The van der Waals surface area contributed by atoms with E-state index in [-0.39, 0.29) is 10.7 Å². The van der Waals surface area contributed by atoms with Crippen LogP contribution in [-0.4, -0.2) is 29.0 Å². The predicted molar refractivity (Wildman–Crippen MR) is 114 cm³/mol. The van der Waals surface area contributed by atoms with E-state index < -0.39 is 23.9 Å². The highest BCUT2D eigenvalue weighted by Gasteiger charge is 2.35. The summed E-state index contributed by atoms with van der Waals surface area (Å²) in [6, 6.07) is 11.9. The Hall–Kier alpha value is -3.52. The summed E-state index contributed by atoms with van der Waals surface area (Å²) in [4.78, 5) is 37.6. The van der Waals surface area contributed by atoms with Gasteiger partial charge in [0.15, 0.2) is 5.11 Å². The van der Waals surface area contributed by atoms with E-state index in [2.05, 4.69) is 5.32 Å². The summed E-state index contributed by atoms with van der Waals surface area (Å²) in [5, 5.41) is 13.4. The van der Waals surface area contributed by atoms with E-state index in [1.54, 1.807) is 30.3 Å². The molecule has 0 spiro atoms. The lowest BCUT2D eigenvalue weighted by Gasteiger charge is -2.30. The number of amides is 2. The second-order valence-corrected chi connectivity index (χ2v) is 7.28. The Labute approximate surface area is 179 Å². The molecule has 3 rings (SSSR count). The average molecular weight is 423 g/mol. The van der Waals surface area contributed by atoms with Gasteiger partial charge in [-0.1, -0.05) is 29.8 Å². The standard InChI is InChI=1S/C22H20N2O5S/c1-12-4-9-18(13(2)10-12)24-20(26)17(19(25)23-22(24)30)11-15-5-7-16(8-6-15)29-14(3)21(27)28/h4-11,14H,1-3H3,(H,27,28)(H,23,25,30)/p-1/b17-11+/t14-/m1/s1. The number of ether oxygens (including phenoxy) is 1. The first-order valence-corrected chi connectivity index (χ1v) is 9.54. The zero-order valence-electron chi connectivity index (χ0n) is 16.6. The number of carboxylic acid groups (broad SMARTS) is 1. The van der Waals surface area contributed by atoms with Crippen molar-refractivity contribution in [2.45, 2.75) is 26.9 Å². The lowest BCUT2D eigenvalue weighted by Crippen LogP contribution is -2.54. The maximum Gasteiger partial charge on any atom is 0.270 e. The van der Waals surface area contributed by atoms with Crippen LogP contribution in [0.4, 0.5) is 5.69 Å². The van der Waals surface area contributed by atoms with Gasteiger partial charge in [-0.25, -0.2) is 0 Å². The Balaban J connectivity index is 1.90.